The van der Waals surface area contributed by atoms with E-state index in [2.05, 4.69) is 15.9 Å². The molecule has 0 heterocycles. The fourth-order valence-corrected chi connectivity index (χ4v) is 3.34. The van der Waals surface area contributed by atoms with Gasteiger partial charge in [-0.25, -0.2) is 0 Å². The molecule has 0 saturated heterocycles. The van der Waals surface area contributed by atoms with Gasteiger partial charge in [0.15, 0.2) is 0 Å². The number of ether oxygens (including phenoxy) is 1. The molecule has 1 N–H and O–H groups in total. The molecule has 1 aromatic rings. The summed E-state index contributed by atoms with van der Waals surface area (Å²) in [5.41, 5.74) is 3.41. The van der Waals surface area contributed by atoms with E-state index in [1.54, 1.807) is 7.11 Å². The molecule has 19 heavy (non-hydrogen) atoms. The lowest BCUT2D eigenvalue weighted by atomic mass is 9.85. The number of aliphatic carboxylic acids is 1. The van der Waals surface area contributed by atoms with Crippen molar-refractivity contribution < 1.29 is 14.6 Å². The number of carbonyl (C=O) groups is 1. The summed E-state index contributed by atoms with van der Waals surface area (Å²) >= 11 is 3.56. The van der Waals surface area contributed by atoms with Crippen LogP contribution in [0.1, 0.15) is 41.9 Å². The largest absolute Gasteiger partial charge is 0.496 e. The summed E-state index contributed by atoms with van der Waals surface area (Å²) in [6.45, 7) is 4.07. The van der Waals surface area contributed by atoms with Crippen molar-refractivity contribution >= 4 is 21.9 Å². The van der Waals surface area contributed by atoms with Crippen LogP contribution in [0.3, 0.4) is 0 Å². The van der Waals surface area contributed by atoms with Gasteiger partial charge < -0.3 is 9.84 Å². The maximum Gasteiger partial charge on any atom is 0.303 e. The quantitative estimate of drug-likeness (QED) is 0.888. The van der Waals surface area contributed by atoms with Crippen LogP contribution >= 0.6 is 15.9 Å². The van der Waals surface area contributed by atoms with Crippen LogP contribution in [-0.4, -0.2) is 18.2 Å². The molecule has 4 heteroatoms. The molecule has 0 radical (unpaired) electrons. The summed E-state index contributed by atoms with van der Waals surface area (Å²) in [6, 6.07) is 1.99. The van der Waals surface area contributed by atoms with Crippen molar-refractivity contribution in [2.75, 3.05) is 7.11 Å². The molecule has 0 amide bonds. The van der Waals surface area contributed by atoms with Crippen LogP contribution in [0.4, 0.5) is 0 Å². The third-order valence-corrected chi connectivity index (χ3v) is 4.88. The second-order valence-electron chi connectivity index (χ2n) is 5.29. The average molecular weight is 327 g/mol. The molecule has 0 aromatic heterocycles. The van der Waals surface area contributed by atoms with E-state index >= 15 is 0 Å². The molecule has 3 nitrogen and oxygen atoms in total. The second-order valence-corrected chi connectivity index (χ2v) is 6.08. The Labute approximate surface area is 122 Å². The van der Waals surface area contributed by atoms with Crippen LogP contribution in [0, 0.1) is 19.8 Å². The van der Waals surface area contributed by atoms with Crippen LogP contribution < -0.4 is 4.74 Å². The first kappa shape index (κ1) is 14.4. The Morgan fingerprint density at radius 1 is 1.53 bits per heavy atom. The van der Waals surface area contributed by atoms with Crippen LogP contribution in [-0.2, 0) is 4.79 Å². The predicted molar refractivity (Wildman–Crippen MR) is 77.9 cm³/mol. The number of carboxylic acids is 1. The zero-order valence-electron chi connectivity index (χ0n) is 11.5. The number of aryl methyl sites for hydroxylation is 1. The van der Waals surface area contributed by atoms with E-state index in [1.165, 1.54) is 5.56 Å². The first-order valence-electron chi connectivity index (χ1n) is 6.51. The molecular weight excluding hydrogens is 308 g/mol. The third-order valence-electron chi connectivity index (χ3n) is 3.90. The molecule has 1 aromatic carbocycles. The molecular formula is C15H19BrO3. The lowest BCUT2D eigenvalue weighted by molar-refractivity contribution is -0.137. The average Bonchev–Trinajstić information content (AvgIpc) is 3.16. The summed E-state index contributed by atoms with van der Waals surface area (Å²) in [7, 11) is 1.65. The molecule has 0 aliphatic heterocycles. The fourth-order valence-electron chi connectivity index (χ4n) is 2.85. The highest BCUT2D eigenvalue weighted by atomic mass is 79.9. The van der Waals surface area contributed by atoms with Crippen molar-refractivity contribution in [3.05, 3.63) is 27.2 Å². The summed E-state index contributed by atoms with van der Waals surface area (Å²) < 4.78 is 6.27. The van der Waals surface area contributed by atoms with Crippen LogP contribution in [0.25, 0.3) is 0 Å². The Balaban J connectivity index is 2.47. The van der Waals surface area contributed by atoms with Crippen molar-refractivity contribution in [2.45, 2.75) is 39.0 Å². The smallest absolute Gasteiger partial charge is 0.303 e. The van der Waals surface area contributed by atoms with E-state index < -0.39 is 5.97 Å². The van der Waals surface area contributed by atoms with Gasteiger partial charge in [-0.15, -0.1) is 0 Å². The highest BCUT2D eigenvalue weighted by molar-refractivity contribution is 9.10. The predicted octanol–water partition coefficient (Wildman–Crippen LogP) is 4.04. The minimum absolute atomic E-state index is 0.125. The maximum atomic E-state index is 11.1. The molecule has 0 spiro atoms. The van der Waals surface area contributed by atoms with Gasteiger partial charge in [-0.05, 0) is 77.2 Å². The zero-order valence-corrected chi connectivity index (χ0v) is 13.1. The molecule has 1 aliphatic carbocycles. The van der Waals surface area contributed by atoms with Crippen molar-refractivity contribution in [3.63, 3.8) is 0 Å². The van der Waals surface area contributed by atoms with Gasteiger partial charge in [0.05, 0.1) is 18.0 Å². The van der Waals surface area contributed by atoms with Gasteiger partial charge in [0, 0.05) is 0 Å². The van der Waals surface area contributed by atoms with E-state index in [1.807, 2.05) is 19.9 Å². The first-order valence-corrected chi connectivity index (χ1v) is 7.30. The molecule has 1 atom stereocenters. The number of hydrogen-bond donors (Lipinski definition) is 1. The number of carboxylic acid groups (broad SMARTS) is 1. The zero-order chi connectivity index (χ0) is 14.2. The Morgan fingerprint density at radius 2 is 2.16 bits per heavy atom. The second kappa shape index (κ2) is 5.53. The number of benzene rings is 1. The van der Waals surface area contributed by atoms with Crippen molar-refractivity contribution in [1.29, 1.82) is 0 Å². The van der Waals surface area contributed by atoms with Gasteiger partial charge in [0.2, 0.25) is 0 Å². The van der Waals surface area contributed by atoms with E-state index in [0.29, 0.717) is 5.92 Å². The van der Waals surface area contributed by atoms with Crippen molar-refractivity contribution in [1.82, 2.24) is 0 Å². The Bertz CT molecular complexity index is 507. The highest BCUT2D eigenvalue weighted by Gasteiger charge is 2.35. The molecule has 1 unspecified atom stereocenters. The standard InChI is InChI=1S/C15H19BrO3/c1-8-6-12(19-3)15(16)9(2)14(8)11(7-13(17)18)10-4-5-10/h6,10-11H,4-5,7H2,1-3H3,(H,17,18). The van der Waals surface area contributed by atoms with Gasteiger partial charge in [-0.2, -0.15) is 0 Å². The van der Waals surface area contributed by atoms with Gasteiger partial charge in [0.25, 0.3) is 0 Å². The molecule has 2 rings (SSSR count). The van der Waals surface area contributed by atoms with Gasteiger partial charge in [-0.3, -0.25) is 4.79 Å². The number of hydrogen-bond acceptors (Lipinski definition) is 2. The number of methoxy groups -OCH3 is 1. The summed E-state index contributed by atoms with van der Waals surface area (Å²) in [4.78, 5) is 11.1. The normalized spacial score (nSPS) is 16.2. The minimum atomic E-state index is -0.720. The summed E-state index contributed by atoms with van der Waals surface area (Å²) in [5.74, 6) is 0.736. The maximum absolute atomic E-state index is 11.1. The summed E-state index contributed by atoms with van der Waals surface area (Å²) in [6.07, 6.45) is 2.49. The van der Waals surface area contributed by atoms with E-state index in [9.17, 15) is 4.79 Å². The minimum Gasteiger partial charge on any atom is -0.496 e. The van der Waals surface area contributed by atoms with Crippen LogP contribution in [0.5, 0.6) is 5.75 Å². The Hall–Kier alpha value is -1.03. The molecule has 1 saturated carbocycles. The van der Waals surface area contributed by atoms with E-state index in [4.69, 9.17) is 9.84 Å². The molecule has 104 valence electrons. The Morgan fingerprint density at radius 3 is 2.63 bits per heavy atom. The van der Waals surface area contributed by atoms with Crippen molar-refractivity contribution in [2.24, 2.45) is 5.92 Å². The van der Waals surface area contributed by atoms with Crippen molar-refractivity contribution in [3.8, 4) is 5.75 Å². The highest BCUT2D eigenvalue weighted by Crippen LogP contribution is 2.48. The summed E-state index contributed by atoms with van der Waals surface area (Å²) in [5, 5.41) is 9.14. The SMILES string of the molecule is COc1cc(C)c(C(CC(=O)O)C2CC2)c(C)c1Br. The lowest BCUT2D eigenvalue weighted by Crippen LogP contribution is -2.12. The lowest BCUT2D eigenvalue weighted by Gasteiger charge is -2.22. The number of halogens is 1. The van der Waals surface area contributed by atoms with Crippen LogP contribution in [0.15, 0.2) is 10.5 Å². The van der Waals surface area contributed by atoms with Gasteiger partial charge in [-0.1, -0.05) is 0 Å². The molecule has 1 aliphatic rings. The van der Waals surface area contributed by atoms with E-state index in [-0.39, 0.29) is 12.3 Å². The third kappa shape index (κ3) is 2.94. The van der Waals surface area contributed by atoms with Gasteiger partial charge in [0.1, 0.15) is 5.75 Å². The van der Waals surface area contributed by atoms with Gasteiger partial charge >= 0.3 is 5.97 Å². The van der Waals surface area contributed by atoms with E-state index in [0.717, 1.165) is 34.2 Å². The first-order chi connectivity index (χ1) is 8.95. The topological polar surface area (TPSA) is 46.5 Å². The monoisotopic (exact) mass is 326 g/mol. The molecule has 0 bridgehead atoms. The van der Waals surface area contributed by atoms with Crippen LogP contribution in [0.2, 0.25) is 0 Å². The number of rotatable bonds is 5. The fraction of sp³-hybridized carbons (Fsp3) is 0.533. The Kier molecular flexibility index (Phi) is 4.19. The molecule has 1 fully saturated rings.